The molecular weight excluding hydrogens is 254 g/mol. The Morgan fingerprint density at radius 2 is 2.17 bits per heavy atom. The van der Waals surface area contributed by atoms with E-state index in [1.165, 1.54) is 10.5 Å². The predicted molar refractivity (Wildman–Crippen MR) is 68.4 cm³/mol. The summed E-state index contributed by atoms with van der Waals surface area (Å²) >= 11 is 0. The normalized spacial score (nSPS) is 26.0. The number of likely N-dealkylation sites (N-methyl/N-ethyl adjacent to an activating group) is 1. The van der Waals surface area contributed by atoms with Crippen molar-refractivity contribution in [1.82, 2.24) is 19.4 Å². The average molecular weight is 273 g/mol. The molecule has 1 fully saturated rings. The molecule has 2 unspecified atom stereocenters. The molecule has 18 heavy (non-hydrogen) atoms. The van der Waals surface area contributed by atoms with E-state index in [0.717, 1.165) is 0 Å². The topological polar surface area (TPSA) is 95.3 Å². The van der Waals surface area contributed by atoms with Gasteiger partial charge < -0.3 is 10.6 Å². The number of aromatic nitrogens is 2. The minimum atomic E-state index is -3.54. The van der Waals surface area contributed by atoms with Crippen LogP contribution in [0, 0.1) is 5.92 Å². The number of sulfonamides is 1. The summed E-state index contributed by atoms with van der Waals surface area (Å²) in [6.07, 6.45) is 1.26. The van der Waals surface area contributed by atoms with Gasteiger partial charge in [-0.2, -0.15) is 9.40 Å². The van der Waals surface area contributed by atoms with Crippen molar-refractivity contribution in [2.75, 3.05) is 32.9 Å². The standard InChI is InChI=1S/C10H19N5O2S/c1-7-5-15(6-8(7)14(2)3)18(16,17)9-4-12-13-10(9)11/h4,7-8H,5-6H2,1-3H3,(H3,11,12,13). The fourth-order valence-electron chi connectivity index (χ4n) is 2.40. The summed E-state index contributed by atoms with van der Waals surface area (Å²) in [4.78, 5) is 2.12. The maximum Gasteiger partial charge on any atom is 0.248 e. The Kier molecular flexibility index (Phi) is 3.35. The van der Waals surface area contributed by atoms with Crippen LogP contribution in [0.2, 0.25) is 0 Å². The van der Waals surface area contributed by atoms with Gasteiger partial charge in [-0.05, 0) is 20.0 Å². The third-order valence-electron chi connectivity index (χ3n) is 3.45. The van der Waals surface area contributed by atoms with Crippen molar-refractivity contribution in [1.29, 1.82) is 0 Å². The summed E-state index contributed by atoms with van der Waals surface area (Å²) < 4.78 is 26.3. The number of hydrogen-bond donors (Lipinski definition) is 2. The first kappa shape index (κ1) is 13.3. The number of rotatable bonds is 3. The van der Waals surface area contributed by atoms with Gasteiger partial charge >= 0.3 is 0 Å². The molecule has 2 atom stereocenters. The van der Waals surface area contributed by atoms with Gasteiger partial charge in [-0.3, -0.25) is 5.10 Å². The van der Waals surface area contributed by atoms with E-state index < -0.39 is 10.0 Å². The smallest absolute Gasteiger partial charge is 0.248 e. The second kappa shape index (κ2) is 4.52. The SMILES string of the molecule is CC1CN(S(=O)(=O)c2cn[nH]c2N)CC1N(C)C. The predicted octanol–water partition coefficient (Wildman–Crippen LogP) is -0.437. The van der Waals surface area contributed by atoms with Crippen molar-refractivity contribution >= 4 is 15.8 Å². The summed E-state index contributed by atoms with van der Waals surface area (Å²) in [5.74, 6) is 0.388. The number of H-pyrrole nitrogens is 1. The summed E-state index contributed by atoms with van der Waals surface area (Å²) in [6, 6.07) is 0.230. The molecule has 0 aromatic carbocycles. The molecule has 0 spiro atoms. The Morgan fingerprint density at radius 1 is 1.50 bits per heavy atom. The van der Waals surface area contributed by atoms with E-state index in [9.17, 15) is 8.42 Å². The first-order chi connectivity index (χ1) is 8.34. The minimum absolute atomic E-state index is 0.0640. The molecule has 0 radical (unpaired) electrons. The van der Waals surface area contributed by atoms with Crippen LogP contribution in [0.3, 0.4) is 0 Å². The zero-order chi connectivity index (χ0) is 13.5. The van der Waals surface area contributed by atoms with Crippen LogP contribution in [-0.2, 0) is 10.0 Å². The van der Waals surface area contributed by atoms with E-state index in [4.69, 9.17) is 5.73 Å². The molecule has 3 N–H and O–H groups in total. The Hall–Kier alpha value is -1.12. The van der Waals surface area contributed by atoms with Gasteiger partial charge in [-0.15, -0.1) is 0 Å². The number of nitrogen functional groups attached to an aromatic ring is 1. The highest BCUT2D eigenvalue weighted by Crippen LogP contribution is 2.27. The van der Waals surface area contributed by atoms with Crippen LogP contribution >= 0.6 is 0 Å². The Bertz CT molecular complexity index is 524. The van der Waals surface area contributed by atoms with E-state index in [-0.39, 0.29) is 16.8 Å². The lowest BCUT2D eigenvalue weighted by atomic mass is 10.1. The van der Waals surface area contributed by atoms with Gasteiger partial charge in [0, 0.05) is 19.1 Å². The first-order valence-corrected chi connectivity index (χ1v) is 7.23. The lowest BCUT2D eigenvalue weighted by molar-refractivity contribution is 0.263. The van der Waals surface area contributed by atoms with Gasteiger partial charge in [0.15, 0.2) is 0 Å². The van der Waals surface area contributed by atoms with Gasteiger partial charge in [0.2, 0.25) is 10.0 Å². The Labute approximate surface area is 107 Å². The molecule has 2 heterocycles. The van der Waals surface area contributed by atoms with Crippen LogP contribution < -0.4 is 5.73 Å². The van der Waals surface area contributed by atoms with Gasteiger partial charge in [-0.1, -0.05) is 6.92 Å². The lowest BCUT2D eigenvalue weighted by Gasteiger charge is -2.22. The van der Waals surface area contributed by atoms with Crippen LogP contribution in [-0.4, -0.2) is 61.0 Å². The van der Waals surface area contributed by atoms with Crippen molar-refractivity contribution in [2.24, 2.45) is 5.92 Å². The van der Waals surface area contributed by atoms with Gasteiger partial charge in [0.05, 0.1) is 6.20 Å². The molecular formula is C10H19N5O2S. The first-order valence-electron chi connectivity index (χ1n) is 5.79. The van der Waals surface area contributed by atoms with Crippen molar-refractivity contribution < 1.29 is 8.42 Å². The van der Waals surface area contributed by atoms with E-state index in [2.05, 4.69) is 22.0 Å². The monoisotopic (exact) mass is 273 g/mol. The number of nitrogens with zero attached hydrogens (tertiary/aromatic N) is 3. The number of hydrogen-bond acceptors (Lipinski definition) is 5. The summed E-state index contributed by atoms with van der Waals surface area (Å²) in [6.45, 7) is 3.05. The van der Waals surface area contributed by atoms with Crippen molar-refractivity contribution in [3.63, 3.8) is 0 Å². The molecule has 1 aromatic heterocycles. The van der Waals surface area contributed by atoms with Gasteiger partial charge in [-0.25, -0.2) is 8.42 Å². The number of nitrogens with two attached hydrogens (primary N) is 1. The zero-order valence-corrected chi connectivity index (χ0v) is 11.6. The fraction of sp³-hybridized carbons (Fsp3) is 0.700. The van der Waals surface area contributed by atoms with Crippen LogP contribution in [0.25, 0.3) is 0 Å². The van der Waals surface area contributed by atoms with E-state index in [1.807, 2.05) is 14.1 Å². The third-order valence-corrected chi connectivity index (χ3v) is 5.31. The maximum absolute atomic E-state index is 12.4. The summed E-state index contributed by atoms with van der Waals surface area (Å²) in [7, 11) is 0.386. The molecule has 1 aliphatic heterocycles. The molecule has 0 saturated carbocycles. The van der Waals surface area contributed by atoms with Crippen LogP contribution in [0.1, 0.15) is 6.92 Å². The Morgan fingerprint density at radius 3 is 2.61 bits per heavy atom. The summed E-state index contributed by atoms with van der Waals surface area (Å²) in [5.41, 5.74) is 5.59. The molecule has 8 heteroatoms. The quantitative estimate of drug-likeness (QED) is 0.778. The van der Waals surface area contributed by atoms with E-state index in [0.29, 0.717) is 19.0 Å². The molecule has 1 saturated heterocycles. The van der Waals surface area contributed by atoms with Crippen LogP contribution in [0.15, 0.2) is 11.1 Å². The number of nitrogens with one attached hydrogen (secondary N) is 1. The minimum Gasteiger partial charge on any atom is -0.383 e. The number of anilines is 1. The Balaban J connectivity index is 2.26. The second-order valence-corrected chi connectivity index (χ2v) is 6.88. The van der Waals surface area contributed by atoms with E-state index in [1.54, 1.807) is 0 Å². The lowest BCUT2D eigenvalue weighted by Crippen LogP contribution is -2.35. The molecule has 7 nitrogen and oxygen atoms in total. The highest BCUT2D eigenvalue weighted by Gasteiger charge is 2.39. The third kappa shape index (κ3) is 2.11. The molecule has 1 aliphatic rings. The highest BCUT2D eigenvalue weighted by molar-refractivity contribution is 7.89. The molecule has 1 aromatic rings. The van der Waals surface area contributed by atoms with Crippen molar-refractivity contribution in [2.45, 2.75) is 17.9 Å². The molecule has 0 aliphatic carbocycles. The van der Waals surface area contributed by atoms with Gasteiger partial charge in [0.25, 0.3) is 0 Å². The molecule has 102 valence electrons. The largest absolute Gasteiger partial charge is 0.383 e. The molecule has 0 bridgehead atoms. The highest BCUT2D eigenvalue weighted by atomic mass is 32.2. The second-order valence-electron chi connectivity index (χ2n) is 4.98. The number of aromatic amines is 1. The van der Waals surface area contributed by atoms with Crippen LogP contribution in [0.4, 0.5) is 5.82 Å². The van der Waals surface area contributed by atoms with Gasteiger partial charge in [0.1, 0.15) is 10.7 Å². The fourth-order valence-corrected chi connectivity index (χ4v) is 3.97. The van der Waals surface area contributed by atoms with Crippen molar-refractivity contribution in [3.05, 3.63) is 6.20 Å². The van der Waals surface area contributed by atoms with Crippen molar-refractivity contribution in [3.8, 4) is 0 Å². The summed E-state index contributed by atoms with van der Waals surface area (Å²) in [5, 5.41) is 6.12. The maximum atomic E-state index is 12.4. The molecule has 2 rings (SSSR count). The molecule has 0 amide bonds. The van der Waals surface area contributed by atoms with Crippen LogP contribution in [0.5, 0.6) is 0 Å². The average Bonchev–Trinajstić information content (AvgIpc) is 2.84. The zero-order valence-electron chi connectivity index (χ0n) is 10.8. The van der Waals surface area contributed by atoms with E-state index >= 15 is 0 Å².